The topological polar surface area (TPSA) is 20.2 Å². The molecule has 3 rings (SSSR count). The molecule has 0 bridgehead atoms. The highest BCUT2D eigenvalue weighted by Crippen LogP contribution is 2.59. The highest BCUT2D eigenvalue weighted by atomic mass is 16.3. The zero-order valence-electron chi connectivity index (χ0n) is 19.0. The summed E-state index contributed by atoms with van der Waals surface area (Å²) in [4.78, 5) is 0. The lowest BCUT2D eigenvalue weighted by atomic mass is 9.60. The highest BCUT2D eigenvalue weighted by Gasteiger charge is 2.50. The molecule has 3 fully saturated rings. The largest absolute Gasteiger partial charge is 0.393 e. The van der Waals surface area contributed by atoms with E-state index < -0.39 is 0 Å². The van der Waals surface area contributed by atoms with Gasteiger partial charge in [0.05, 0.1) is 6.10 Å². The third-order valence-corrected chi connectivity index (χ3v) is 8.35. The Morgan fingerprint density at radius 2 is 1.89 bits per heavy atom. The van der Waals surface area contributed by atoms with Crippen LogP contribution in [0.4, 0.5) is 0 Å². The Labute approximate surface area is 174 Å². The van der Waals surface area contributed by atoms with Crippen LogP contribution >= 0.6 is 0 Å². The lowest BCUT2D eigenvalue weighted by Crippen LogP contribution is -2.36. The van der Waals surface area contributed by atoms with E-state index in [1.54, 1.807) is 5.57 Å². The summed E-state index contributed by atoms with van der Waals surface area (Å²) in [7, 11) is 0. The van der Waals surface area contributed by atoms with E-state index in [1.165, 1.54) is 62.5 Å². The summed E-state index contributed by atoms with van der Waals surface area (Å²) in [6.45, 7) is 14.1. The highest BCUT2D eigenvalue weighted by molar-refractivity contribution is 5.36. The quantitative estimate of drug-likeness (QED) is 0.499. The maximum Gasteiger partial charge on any atom is 0.0583 e. The average molecular weight is 385 g/mol. The summed E-state index contributed by atoms with van der Waals surface area (Å²) >= 11 is 0. The first kappa shape index (κ1) is 21.9. The summed E-state index contributed by atoms with van der Waals surface area (Å²) in [6, 6.07) is 0. The number of rotatable bonds is 6. The van der Waals surface area contributed by atoms with Crippen molar-refractivity contribution in [1.29, 1.82) is 0 Å². The third-order valence-electron chi connectivity index (χ3n) is 8.35. The van der Waals surface area contributed by atoms with Gasteiger partial charge in [0.2, 0.25) is 0 Å². The van der Waals surface area contributed by atoms with E-state index in [0.29, 0.717) is 5.41 Å². The van der Waals surface area contributed by atoms with E-state index in [2.05, 4.69) is 46.4 Å². The SMILES string of the molecule is C=C1CCC(O)CC1=C/C=C1\CCC[C@]2(C)[C@@H]([C@H](C)CCCC(C)C)CC[C@@H]12. The molecule has 1 unspecified atom stereocenters. The van der Waals surface area contributed by atoms with Crippen molar-refractivity contribution in [2.45, 2.75) is 104 Å². The van der Waals surface area contributed by atoms with Crippen LogP contribution in [0.1, 0.15) is 98.3 Å². The molecule has 0 heterocycles. The molecule has 1 heteroatoms. The molecule has 1 N–H and O–H groups in total. The van der Waals surface area contributed by atoms with Crippen molar-refractivity contribution in [2.75, 3.05) is 0 Å². The Bertz CT molecular complexity index is 610. The molecule has 0 aromatic heterocycles. The van der Waals surface area contributed by atoms with Crippen molar-refractivity contribution in [3.63, 3.8) is 0 Å². The van der Waals surface area contributed by atoms with Gasteiger partial charge in [-0.1, -0.05) is 76.8 Å². The van der Waals surface area contributed by atoms with E-state index in [-0.39, 0.29) is 6.10 Å². The van der Waals surface area contributed by atoms with Crippen LogP contribution in [0.25, 0.3) is 0 Å². The first-order valence-electron chi connectivity index (χ1n) is 12.1. The van der Waals surface area contributed by atoms with Gasteiger partial charge >= 0.3 is 0 Å². The number of hydrogen-bond donors (Lipinski definition) is 1. The van der Waals surface area contributed by atoms with Gasteiger partial charge in [0.25, 0.3) is 0 Å². The molecule has 0 amide bonds. The maximum absolute atomic E-state index is 10.0. The van der Waals surface area contributed by atoms with Gasteiger partial charge in [-0.3, -0.25) is 0 Å². The van der Waals surface area contributed by atoms with Crippen LogP contribution in [0.2, 0.25) is 0 Å². The Kier molecular flexibility index (Phi) is 7.29. The molecule has 0 aromatic rings. The predicted octanol–water partition coefficient (Wildman–Crippen LogP) is 7.62. The molecule has 3 aliphatic rings. The second-order valence-electron chi connectivity index (χ2n) is 10.8. The molecule has 158 valence electrons. The molecule has 1 nitrogen and oxygen atoms in total. The van der Waals surface area contributed by atoms with Crippen molar-refractivity contribution < 1.29 is 5.11 Å². The van der Waals surface area contributed by atoms with Gasteiger partial charge in [-0.2, -0.15) is 0 Å². The normalized spacial score (nSPS) is 37.6. The standard InChI is InChI=1S/C27H44O/c1-19(2)8-6-9-21(4)25-15-16-26-22(10-7-17-27(25,26)5)12-13-23-18-24(28)14-11-20(23)3/h12-13,19,21,24-26,28H,3,6-11,14-18H2,1-2,4-5H3/b22-12+,23-13?/t21-,24?,25-,26+,27-/m1/s1. The van der Waals surface area contributed by atoms with E-state index in [4.69, 9.17) is 0 Å². The van der Waals surface area contributed by atoms with Crippen molar-refractivity contribution in [1.82, 2.24) is 0 Å². The average Bonchev–Trinajstić information content (AvgIpc) is 2.99. The fourth-order valence-corrected chi connectivity index (χ4v) is 6.66. The Morgan fingerprint density at radius 1 is 1.11 bits per heavy atom. The Hall–Kier alpha value is -0.820. The van der Waals surface area contributed by atoms with E-state index in [1.807, 2.05) is 0 Å². The first-order chi connectivity index (χ1) is 13.3. The fourth-order valence-electron chi connectivity index (χ4n) is 6.66. The van der Waals surface area contributed by atoms with Gasteiger partial charge < -0.3 is 5.11 Å². The third kappa shape index (κ3) is 4.84. The molecule has 0 aliphatic heterocycles. The van der Waals surface area contributed by atoms with Gasteiger partial charge in [0.1, 0.15) is 0 Å². The van der Waals surface area contributed by atoms with Gasteiger partial charge in [0.15, 0.2) is 0 Å². The van der Waals surface area contributed by atoms with Crippen LogP contribution in [0.5, 0.6) is 0 Å². The maximum atomic E-state index is 10.0. The molecule has 0 saturated heterocycles. The van der Waals surface area contributed by atoms with Crippen molar-refractivity contribution in [2.24, 2.45) is 29.1 Å². The second-order valence-corrected chi connectivity index (χ2v) is 10.8. The van der Waals surface area contributed by atoms with E-state index >= 15 is 0 Å². The molecular weight excluding hydrogens is 340 g/mol. The minimum Gasteiger partial charge on any atom is -0.393 e. The van der Waals surface area contributed by atoms with Gasteiger partial charge in [0, 0.05) is 0 Å². The minimum absolute atomic E-state index is 0.172. The van der Waals surface area contributed by atoms with Gasteiger partial charge in [-0.15, -0.1) is 0 Å². The van der Waals surface area contributed by atoms with Crippen LogP contribution < -0.4 is 0 Å². The van der Waals surface area contributed by atoms with E-state index in [0.717, 1.165) is 42.9 Å². The monoisotopic (exact) mass is 384 g/mol. The molecule has 0 spiro atoms. The second kappa shape index (κ2) is 9.33. The van der Waals surface area contributed by atoms with Crippen LogP contribution in [0, 0.1) is 29.1 Å². The number of aliphatic hydroxyl groups excluding tert-OH is 1. The molecule has 5 atom stereocenters. The molecule has 3 aliphatic carbocycles. The molecule has 0 radical (unpaired) electrons. The van der Waals surface area contributed by atoms with Gasteiger partial charge in [-0.05, 0) is 86.0 Å². The van der Waals surface area contributed by atoms with Crippen LogP contribution in [0.15, 0.2) is 35.5 Å². The van der Waals surface area contributed by atoms with Crippen LogP contribution in [0.3, 0.4) is 0 Å². The molecular formula is C27H44O. The van der Waals surface area contributed by atoms with Crippen molar-refractivity contribution in [3.05, 3.63) is 35.5 Å². The lowest BCUT2D eigenvalue weighted by Gasteiger charge is -2.44. The molecule has 28 heavy (non-hydrogen) atoms. The first-order valence-corrected chi connectivity index (χ1v) is 12.1. The molecule has 3 saturated carbocycles. The molecule has 0 aromatic carbocycles. The summed E-state index contributed by atoms with van der Waals surface area (Å²) < 4.78 is 0. The number of aliphatic hydroxyl groups is 1. The zero-order valence-corrected chi connectivity index (χ0v) is 19.0. The summed E-state index contributed by atoms with van der Waals surface area (Å²) in [6.07, 6.45) is 18.2. The summed E-state index contributed by atoms with van der Waals surface area (Å²) in [5.41, 5.74) is 4.72. The van der Waals surface area contributed by atoms with Crippen molar-refractivity contribution in [3.8, 4) is 0 Å². The van der Waals surface area contributed by atoms with Crippen LogP contribution in [-0.2, 0) is 0 Å². The smallest absolute Gasteiger partial charge is 0.0583 e. The van der Waals surface area contributed by atoms with Gasteiger partial charge in [-0.25, -0.2) is 0 Å². The number of fused-ring (bicyclic) bond motifs is 1. The van der Waals surface area contributed by atoms with E-state index in [9.17, 15) is 5.11 Å². The Balaban J connectivity index is 1.70. The Morgan fingerprint density at radius 3 is 2.64 bits per heavy atom. The van der Waals surface area contributed by atoms with Crippen molar-refractivity contribution >= 4 is 0 Å². The predicted molar refractivity (Wildman–Crippen MR) is 121 cm³/mol. The zero-order chi connectivity index (χ0) is 20.3. The minimum atomic E-state index is -0.172. The number of hydrogen-bond acceptors (Lipinski definition) is 1. The fraction of sp³-hybridized carbons (Fsp3) is 0.778. The summed E-state index contributed by atoms with van der Waals surface area (Å²) in [5, 5.41) is 10.0. The lowest BCUT2D eigenvalue weighted by molar-refractivity contribution is 0.0929. The van der Waals surface area contributed by atoms with Crippen LogP contribution in [-0.4, -0.2) is 11.2 Å². The number of allylic oxidation sites excluding steroid dienone is 4. The summed E-state index contributed by atoms with van der Waals surface area (Å²) in [5.74, 6) is 3.37.